The minimum Gasteiger partial charge on any atom is -0.366 e. The number of nitrogens with one attached hydrogen (secondary N) is 2. The van der Waals surface area contributed by atoms with Crippen molar-refractivity contribution in [3.63, 3.8) is 0 Å². The Bertz CT molecular complexity index is 544. The van der Waals surface area contributed by atoms with Gasteiger partial charge in [0.1, 0.15) is 12.1 Å². The van der Waals surface area contributed by atoms with Gasteiger partial charge >= 0.3 is 0 Å². The molecule has 19 heavy (non-hydrogen) atoms. The summed E-state index contributed by atoms with van der Waals surface area (Å²) < 4.78 is 0. The van der Waals surface area contributed by atoms with E-state index in [1.165, 1.54) is 6.33 Å². The first-order chi connectivity index (χ1) is 9.28. The minimum absolute atomic E-state index is 0.138. The molecule has 0 fully saturated rings. The van der Waals surface area contributed by atoms with Crippen molar-refractivity contribution >= 4 is 11.7 Å². The number of carbonyl (C=O) groups excluding carboxylic acids is 1. The van der Waals surface area contributed by atoms with Crippen molar-refractivity contribution in [3.05, 3.63) is 54.0 Å². The molecule has 0 aliphatic heterocycles. The van der Waals surface area contributed by atoms with Crippen molar-refractivity contribution in [3.8, 4) is 0 Å². The zero-order chi connectivity index (χ0) is 13.5. The Kier molecular flexibility index (Phi) is 4.41. The molecule has 0 aliphatic carbocycles. The van der Waals surface area contributed by atoms with E-state index in [0.717, 1.165) is 5.56 Å². The molecule has 2 rings (SSSR count). The van der Waals surface area contributed by atoms with Crippen LogP contribution in [-0.4, -0.2) is 15.9 Å². The Morgan fingerprint density at radius 3 is 2.74 bits per heavy atom. The Morgan fingerprint density at radius 2 is 2.00 bits per heavy atom. The maximum Gasteiger partial charge on any atom is 0.239 e. The first kappa shape index (κ1) is 13.0. The average molecular weight is 257 g/mol. The fraction of sp³-hybridized carbons (Fsp3) is 0.154. The highest BCUT2D eigenvalue weighted by Crippen LogP contribution is 2.07. The summed E-state index contributed by atoms with van der Waals surface area (Å²) >= 11 is 0. The van der Waals surface area contributed by atoms with E-state index >= 15 is 0 Å². The van der Waals surface area contributed by atoms with Crippen LogP contribution in [-0.2, 0) is 17.8 Å². The summed E-state index contributed by atoms with van der Waals surface area (Å²) in [7, 11) is 0. The summed E-state index contributed by atoms with van der Waals surface area (Å²) in [6, 6.07) is 11.7. The average Bonchev–Trinajstić information content (AvgIpc) is 2.46. The number of amides is 1. The van der Waals surface area contributed by atoms with Crippen molar-refractivity contribution in [2.45, 2.75) is 13.0 Å². The van der Waals surface area contributed by atoms with Crippen LogP contribution < -0.4 is 16.6 Å². The SMILES string of the molecule is NNC(=O)Cc1cc(NCc2ccccc2)ncn1. The monoisotopic (exact) mass is 257 g/mol. The molecule has 0 radical (unpaired) electrons. The number of anilines is 1. The number of nitrogens with zero attached hydrogens (tertiary/aromatic N) is 2. The van der Waals surface area contributed by atoms with Crippen LogP contribution in [0.25, 0.3) is 0 Å². The molecule has 1 aromatic carbocycles. The van der Waals surface area contributed by atoms with Gasteiger partial charge in [-0.1, -0.05) is 30.3 Å². The summed E-state index contributed by atoms with van der Waals surface area (Å²) in [5, 5.41) is 3.18. The topological polar surface area (TPSA) is 92.9 Å². The number of aromatic nitrogens is 2. The van der Waals surface area contributed by atoms with Gasteiger partial charge in [0.25, 0.3) is 0 Å². The van der Waals surface area contributed by atoms with Gasteiger partial charge in [0.15, 0.2) is 0 Å². The fourth-order valence-corrected chi connectivity index (χ4v) is 1.59. The highest BCUT2D eigenvalue weighted by molar-refractivity contribution is 5.77. The molecule has 6 heteroatoms. The molecule has 4 N–H and O–H groups in total. The smallest absolute Gasteiger partial charge is 0.239 e. The van der Waals surface area contributed by atoms with Gasteiger partial charge < -0.3 is 5.32 Å². The number of hydrazine groups is 1. The minimum atomic E-state index is -0.285. The summed E-state index contributed by atoms with van der Waals surface area (Å²) in [5.41, 5.74) is 3.84. The molecule has 0 saturated carbocycles. The van der Waals surface area contributed by atoms with Crippen molar-refractivity contribution in [1.82, 2.24) is 15.4 Å². The maximum atomic E-state index is 11.2. The molecule has 98 valence electrons. The van der Waals surface area contributed by atoms with Gasteiger partial charge in [0, 0.05) is 12.6 Å². The standard InChI is InChI=1S/C13H15N5O/c14-18-13(19)7-11-6-12(17-9-16-11)15-8-10-4-2-1-3-5-10/h1-6,9H,7-8,14H2,(H,18,19)(H,15,16,17). The van der Waals surface area contributed by atoms with Crippen LogP contribution in [0, 0.1) is 0 Å². The number of rotatable bonds is 5. The molecule has 0 atom stereocenters. The van der Waals surface area contributed by atoms with Gasteiger partial charge in [-0.05, 0) is 5.56 Å². The van der Waals surface area contributed by atoms with E-state index < -0.39 is 0 Å². The van der Waals surface area contributed by atoms with Gasteiger partial charge in [-0.3, -0.25) is 10.2 Å². The van der Waals surface area contributed by atoms with Gasteiger partial charge in [-0.2, -0.15) is 0 Å². The Hall–Kier alpha value is -2.47. The molecule has 2 aromatic rings. The molecule has 1 amide bonds. The lowest BCUT2D eigenvalue weighted by Gasteiger charge is -2.06. The molecule has 1 aromatic heterocycles. The number of benzene rings is 1. The maximum absolute atomic E-state index is 11.2. The molecule has 0 bridgehead atoms. The van der Waals surface area contributed by atoms with E-state index in [-0.39, 0.29) is 12.3 Å². The molecule has 0 unspecified atom stereocenters. The van der Waals surface area contributed by atoms with Gasteiger partial charge in [0.2, 0.25) is 5.91 Å². The van der Waals surface area contributed by atoms with Crippen LogP contribution in [0.15, 0.2) is 42.7 Å². The zero-order valence-corrected chi connectivity index (χ0v) is 10.3. The third-order valence-corrected chi connectivity index (χ3v) is 2.54. The first-order valence-electron chi connectivity index (χ1n) is 5.86. The number of hydrogen-bond donors (Lipinski definition) is 3. The largest absolute Gasteiger partial charge is 0.366 e. The molecule has 1 heterocycles. The number of hydrogen-bond acceptors (Lipinski definition) is 5. The third kappa shape index (κ3) is 4.04. The van der Waals surface area contributed by atoms with E-state index in [1.54, 1.807) is 6.07 Å². The van der Waals surface area contributed by atoms with Crippen molar-refractivity contribution in [1.29, 1.82) is 0 Å². The van der Waals surface area contributed by atoms with Crippen molar-refractivity contribution in [2.75, 3.05) is 5.32 Å². The second-order valence-corrected chi connectivity index (χ2v) is 3.98. The zero-order valence-electron chi connectivity index (χ0n) is 10.3. The third-order valence-electron chi connectivity index (χ3n) is 2.54. The van der Waals surface area contributed by atoms with Crippen LogP contribution in [0.5, 0.6) is 0 Å². The van der Waals surface area contributed by atoms with Crippen molar-refractivity contribution in [2.24, 2.45) is 5.84 Å². The van der Waals surface area contributed by atoms with Gasteiger partial charge in [-0.25, -0.2) is 15.8 Å². The van der Waals surface area contributed by atoms with Crippen LogP contribution in [0.2, 0.25) is 0 Å². The van der Waals surface area contributed by atoms with Crippen molar-refractivity contribution < 1.29 is 4.79 Å². The van der Waals surface area contributed by atoms with Crippen LogP contribution >= 0.6 is 0 Å². The first-order valence-corrected chi connectivity index (χ1v) is 5.86. The van der Waals surface area contributed by atoms with E-state index in [9.17, 15) is 4.79 Å². The Labute approximate surface area is 111 Å². The predicted molar refractivity (Wildman–Crippen MR) is 71.8 cm³/mol. The fourth-order valence-electron chi connectivity index (χ4n) is 1.59. The normalized spacial score (nSPS) is 9.95. The summed E-state index contributed by atoms with van der Waals surface area (Å²) in [5.74, 6) is 5.43. The quantitative estimate of drug-likeness (QED) is 0.415. The molecular formula is C13H15N5O. The lowest BCUT2D eigenvalue weighted by molar-refractivity contribution is -0.120. The molecule has 0 spiro atoms. The lowest BCUT2D eigenvalue weighted by atomic mass is 10.2. The van der Waals surface area contributed by atoms with Crippen LogP contribution in [0.4, 0.5) is 5.82 Å². The lowest BCUT2D eigenvalue weighted by Crippen LogP contribution is -2.31. The molecule has 0 aliphatic rings. The Morgan fingerprint density at radius 1 is 1.21 bits per heavy atom. The van der Waals surface area contributed by atoms with E-state index in [2.05, 4.69) is 20.7 Å². The van der Waals surface area contributed by atoms with E-state index in [0.29, 0.717) is 18.1 Å². The number of carbonyl (C=O) groups is 1. The highest BCUT2D eigenvalue weighted by Gasteiger charge is 2.04. The summed E-state index contributed by atoms with van der Waals surface area (Å²) in [6.45, 7) is 0.667. The Balaban J connectivity index is 1.97. The summed E-state index contributed by atoms with van der Waals surface area (Å²) in [6.07, 6.45) is 1.56. The van der Waals surface area contributed by atoms with Gasteiger partial charge in [0.05, 0.1) is 12.1 Å². The molecular weight excluding hydrogens is 242 g/mol. The van der Waals surface area contributed by atoms with E-state index in [4.69, 9.17) is 5.84 Å². The second-order valence-electron chi connectivity index (χ2n) is 3.98. The number of nitrogens with two attached hydrogens (primary N) is 1. The highest BCUT2D eigenvalue weighted by atomic mass is 16.2. The predicted octanol–water partition coefficient (Wildman–Crippen LogP) is 0.621. The van der Waals surface area contributed by atoms with Crippen LogP contribution in [0.3, 0.4) is 0 Å². The van der Waals surface area contributed by atoms with Gasteiger partial charge in [-0.15, -0.1) is 0 Å². The second kappa shape index (κ2) is 6.46. The summed E-state index contributed by atoms with van der Waals surface area (Å²) in [4.78, 5) is 19.3. The van der Waals surface area contributed by atoms with E-state index in [1.807, 2.05) is 30.3 Å². The molecule has 0 saturated heterocycles. The molecule has 6 nitrogen and oxygen atoms in total. The van der Waals surface area contributed by atoms with Crippen LogP contribution in [0.1, 0.15) is 11.3 Å².